The van der Waals surface area contributed by atoms with Crippen molar-refractivity contribution in [3.8, 4) is 0 Å². The van der Waals surface area contributed by atoms with E-state index in [0.717, 1.165) is 14.9 Å². The van der Waals surface area contributed by atoms with E-state index in [2.05, 4.69) is 10.2 Å². The molecule has 0 N–H and O–H groups in total. The van der Waals surface area contributed by atoms with Gasteiger partial charge in [0.2, 0.25) is 0 Å². The molecular weight excluding hydrogens is 244 g/mol. The van der Waals surface area contributed by atoms with Crippen LogP contribution in [0.3, 0.4) is 0 Å². The minimum absolute atomic E-state index is 0.218. The number of hydrogen-bond acceptors (Lipinski definition) is 6. The van der Waals surface area contributed by atoms with Gasteiger partial charge < -0.3 is 4.74 Å². The molecule has 2 aromatic rings. The van der Waals surface area contributed by atoms with E-state index in [4.69, 9.17) is 4.74 Å². The zero-order valence-corrected chi connectivity index (χ0v) is 10.3. The summed E-state index contributed by atoms with van der Waals surface area (Å²) in [7, 11) is 0. The molecule has 0 aliphatic carbocycles. The quantitative estimate of drug-likeness (QED) is 0.785. The minimum atomic E-state index is -0.227. The first-order valence-corrected chi connectivity index (χ1v) is 6.40. The molecule has 0 radical (unpaired) electrons. The Bertz CT molecular complexity index is 465. The molecule has 0 aliphatic heterocycles. The number of ether oxygens (including phenoxy) is 1. The van der Waals surface area contributed by atoms with E-state index in [9.17, 15) is 4.79 Å². The third-order valence-corrected chi connectivity index (χ3v) is 3.51. The minimum Gasteiger partial charge on any atom is -0.458 e. The molecule has 0 spiro atoms. The van der Waals surface area contributed by atoms with Gasteiger partial charge in [0.05, 0.1) is 6.42 Å². The van der Waals surface area contributed by atoms with Gasteiger partial charge in [-0.2, -0.15) is 0 Å². The van der Waals surface area contributed by atoms with Crippen LogP contribution in [0.4, 0.5) is 0 Å². The van der Waals surface area contributed by atoms with Crippen molar-refractivity contribution in [3.63, 3.8) is 0 Å². The van der Waals surface area contributed by atoms with Crippen LogP contribution in [0.25, 0.3) is 0 Å². The highest BCUT2D eigenvalue weighted by Gasteiger charge is 2.07. The second-order valence-electron chi connectivity index (χ2n) is 3.13. The number of esters is 1. The zero-order valence-electron chi connectivity index (χ0n) is 8.67. The largest absolute Gasteiger partial charge is 0.458 e. The van der Waals surface area contributed by atoms with Crippen LogP contribution in [0.1, 0.15) is 14.9 Å². The zero-order chi connectivity index (χ0) is 11.4. The number of aromatic nitrogens is 2. The maximum Gasteiger partial charge on any atom is 0.311 e. The standard InChI is InChI=1S/C10H10N2O2S2/c1-7-11-12-9(16-7)6-14-10(13)5-8-3-2-4-15-8/h2-4H,5-6H2,1H3. The van der Waals surface area contributed by atoms with Crippen molar-refractivity contribution in [2.45, 2.75) is 20.0 Å². The van der Waals surface area contributed by atoms with Crippen LogP contribution in [0, 0.1) is 6.92 Å². The summed E-state index contributed by atoms with van der Waals surface area (Å²) in [5, 5.41) is 11.3. The van der Waals surface area contributed by atoms with E-state index in [1.54, 1.807) is 11.3 Å². The number of aryl methyl sites for hydroxylation is 1. The van der Waals surface area contributed by atoms with Gasteiger partial charge in [-0.05, 0) is 18.4 Å². The van der Waals surface area contributed by atoms with E-state index in [-0.39, 0.29) is 12.6 Å². The van der Waals surface area contributed by atoms with Gasteiger partial charge in [-0.3, -0.25) is 4.79 Å². The number of nitrogens with zero attached hydrogens (tertiary/aromatic N) is 2. The maximum absolute atomic E-state index is 11.4. The van der Waals surface area contributed by atoms with Gasteiger partial charge in [-0.15, -0.1) is 21.5 Å². The van der Waals surface area contributed by atoms with Gasteiger partial charge >= 0.3 is 5.97 Å². The monoisotopic (exact) mass is 254 g/mol. The van der Waals surface area contributed by atoms with E-state index >= 15 is 0 Å². The molecule has 0 atom stereocenters. The molecule has 2 aromatic heterocycles. The van der Waals surface area contributed by atoms with Crippen molar-refractivity contribution in [3.05, 3.63) is 32.4 Å². The molecule has 2 heterocycles. The number of hydrogen-bond donors (Lipinski definition) is 0. The average molecular weight is 254 g/mol. The molecule has 0 aromatic carbocycles. The Kier molecular flexibility index (Phi) is 3.63. The Morgan fingerprint density at radius 2 is 2.38 bits per heavy atom. The SMILES string of the molecule is Cc1nnc(COC(=O)Cc2cccs2)s1. The fourth-order valence-corrected chi connectivity index (χ4v) is 2.46. The molecule has 0 saturated heterocycles. The lowest BCUT2D eigenvalue weighted by Crippen LogP contribution is -2.06. The molecule has 0 saturated carbocycles. The molecule has 0 fully saturated rings. The van der Waals surface area contributed by atoms with Crippen LogP contribution in [-0.4, -0.2) is 16.2 Å². The molecule has 0 amide bonds. The van der Waals surface area contributed by atoms with Gasteiger partial charge in [0, 0.05) is 4.88 Å². The van der Waals surface area contributed by atoms with Crippen LogP contribution in [0.2, 0.25) is 0 Å². The number of carbonyl (C=O) groups excluding carboxylic acids is 1. The van der Waals surface area contributed by atoms with Crippen molar-refractivity contribution >= 4 is 28.6 Å². The second-order valence-corrected chi connectivity index (χ2v) is 5.43. The first kappa shape index (κ1) is 11.2. The Balaban J connectivity index is 1.80. The third kappa shape index (κ3) is 3.11. The molecular formula is C10H10N2O2S2. The topological polar surface area (TPSA) is 52.1 Å². The lowest BCUT2D eigenvalue weighted by molar-refractivity contribution is -0.144. The highest BCUT2D eigenvalue weighted by atomic mass is 32.1. The molecule has 6 heteroatoms. The van der Waals surface area contributed by atoms with Crippen LogP contribution in [-0.2, 0) is 22.6 Å². The molecule has 0 bridgehead atoms. The highest BCUT2D eigenvalue weighted by molar-refractivity contribution is 7.11. The Morgan fingerprint density at radius 1 is 1.50 bits per heavy atom. The molecule has 84 valence electrons. The summed E-state index contributed by atoms with van der Waals surface area (Å²) < 4.78 is 5.09. The van der Waals surface area contributed by atoms with Gasteiger partial charge in [0.15, 0.2) is 5.01 Å². The Morgan fingerprint density at radius 3 is 3.00 bits per heavy atom. The van der Waals surface area contributed by atoms with Gasteiger partial charge in [-0.1, -0.05) is 17.4 Å². The van der Waals surface area contributed by atoms with Crippen molar-refractivity contribution in [2.24, 2.45) is 0 Å². The number of thiophene rings is 1. The number of carbonyl (C=O) groups is 1. The predicted molar refractivity (Wildman–Crippen MR) is 62.5 cm³/mol. The lowest BCUT2D eigenvalue weighted by atomic mass is 10.3. The summed E-state index contributed by atoms with van der Waals surface area (Å²) in [4.78, 5) is 12.4. The van der Waals surface area contributed by atoms with Crippen molar-refractivity contribution < 1.29 is 9.53 Å². The molecule has 16 heavy (non-hydrogen) atoms. The van der Waals surface area contributed by atoms with Crippen molar-refractivity contribution in [2.75, 3.05) is 0 Å². The number of rotatable bonds is 4. The summed E-state index contributed by atoms with van der Waals surface area (Å²) in [6, 6.07) is 3.84. The average Bonchev–Trinajstić information content (AvgIpc) is 2.87. The summed E-state index contributed by atoms with van der Waals surface area (Å²) in [5.74, 6) is -0.227. The third-order valence-electron chi connectivity index (χ3n) is 1.82. The molecule has 4 nitrogen and oxygen atoms in total. The molecule has 0 unspecified atom stereocenters. The molecule has 0 aliphatic rings. The lowest BCUT2D eigenvalue weighted by Gasteiger charge is -2.00. The van der Waals surface area contributed by atoms with Crippen LogP contribution < -0.4 is 0 Å². The normalized spacial score (nSPS) is 10.3. The molecule has 2 rings (SSSR count). The summed E-state index contributed by atoms with van der Waals surface area (Å²) >= 11 is 2.99. The van der Waals surface area contributed by atoms with Crippen molar-refractivity contribution in [1.82, 2.24) is 10.2 Å². The van der Waals surface area contributed by atoms with Crippen LogP contribution >= 0.6 is 22.7 Å². The van der Waals surface area contributed by atoms with Gasteiger partial charge in [0.25, 0.3) is 0 Å². The Hall–Kier alpha value is -1.27. The smallest absolute Gasteiger partial charge is 0.311 e. The first-order valence-electron chi connectivity index (χ1n) is 4.71. The van der Waals surface area contributed by atoms with Crippen LogP contribution in [0.5, 0.6) is 0 Å². The summed E-state index contributed by atoms with van der Waals surface area (Å²) in [6.07, 6.45) is 0.329. The van der Waals surface area contributed by atoms with E-state index in [1.165, 1.54) is 11.3 Å². The summed E-state index contributed by atoms with van der Waals surface area (Å²) in [5.41, 5.74) is 0. The predicted octanol–water partition coefficient (Wildman–Crippen LogP) is 2.19. The van der Waals surface area contributed by atoms with E-state index in [0.29, 0.717) is 6.42 Å². The summed E-state index contributed by atoms with van der Waals surface area (Å²) in [6.45, 7) is 2.09. The highest BCUT2D eigenvalue weighted by Crippen LogP contribution is 2.12. The van der Waals surface area contributed by atoms with Crippen LogP contribution in [0.15, 0.2) is 17.5 Å². The Labute approximate surface area is 101 Å². The fourth-order valence-electron chi connectivity index (χ4n) is 1.14. The maximum atomic E-state index is 11.4. The van der Waals surface area contributed by atoms with Gasteiger partial charge in [0.1, 0.15) is 11.6 Å². The van der Waals surface area contributed by atoms with E-state index in [1.807, 2.05) is 24.4 Å². The van der Waals surface area contributed by atoms with Gasteiger partial charge in [-0.25, -0.2) is 0 Å². The second kappa shape index (κ2) is 5.18. The van der Waals surface area contributed by atoms with Crippen molar-refractivity contribution in [1.29, 1.82) is 0 Å². The fraction of sp³-hybridized carbons (Fsp3) is 0.300. The van der Waals surface area contributed by atoms with E-state index < -0.39 is 0 Å². The first-order chi connectivity index (χ1) is 7.74.